The maximum atomic E-state index is 12.9. The molecule has 1 N–H and O–H groups in total. The van der Waals surface area contributed by atoms with Crippen molar-refractivity contribution in [3.63, 3.8) is 0 Å². The molecule has 1 aliphatic rings. The van der Waals surface area contributed by atoms with Crippen molar-refractivity contribution < 1.29 is 17.9 Å². The summed E-state index contributed by atoms with van der Waals surface area (Å²) in [5.74, 6) is 0.438. The second-order valence-corrected chi connectivity index (χ2v) is 8.87. The number of halogens is 1. The average Bonchev–Trinajstić information content (AvgIpc) is 2.69. The van der Waals surface area contributed by atoms with Gasteiger partial charge in [0.05, 0.1) is 25.3 Å². The third kappa shape index (κ3) is 5.04. The summed E-state index contributed by atoms with van der Waals surface area (Å²) in [4.78, 5) is 2.26. The number of rotatable bonds is 7. The number of sulfonamides is 1. The lowest BCUT2D eigenvalue weighted by molar-refractivity contribution is 0.0172. The first-order chi connectivity index (χ1) is 13.4. The van der Waals surface area contributed by atoms with E-state index in [0.717, 1.165) is 24.2 Å². The number of ether oxygens (including phenoxy) is 2. The van der Waals surface area contributed by atoms with Gasteiger partial charge in [-0.1, -0.05) is 41.4 Å². The van der Waals surface area contributed by atoms with E-state index < -0.39 is 10.0 Å². The largest absolute Gasteiger partial charge is 0.497 e. The number of benzene rings is 2. The number of methoxy groups -OCH3 is 1. The summed E-state index contributed by atoms with van der Waals surface area (Å²) in [6.07, 6.45) is 0. The predicted octanol–water partition coefficient (Wildman–Crippen LogP) is 3.01. The maximum absolute atomic E-state index is 12.9. The van der Waals surface area contributed by atoms with Crippen LogP contribution in [0.15, 0.2) is 47.4 Å². The fourth-order valence-corrected chi connectivity index (χ4v) is 4.86. The molecule has 1 fully saturated rings. The fraction of sp³-hybridized carbons (Fsp3) is 0.400. The molecule has 28 heavy (non-hydrogen) atoms. The summed E-state index contributed by atoms with van der Waals surface area (Å²) >= 11 is 6.14. The van der Waals surface area contributed by atoms with Gasteiger partial charge in [-0.2, -0.15) is 0 Å². The van der Waals surface area contributed by atoms with Crippen molar-refractivity contribution in [2.45, 2.75) is 17.9 Å². The molecule has 1 unspecified atom stereocenters. The Bertz CT molecular complexity index is 914. The van der Waals surface area contributed by atoms with Gasteiger partial charge in [-0.3, -0.25) is 4.90 Å². The van der Waals surface area contributed by atoms with Crippen LogP contribution in [-0.4, -0.2) is 53.3 Å². The number of hydrogen-bond donors (Lipinski definition) is 1. The van der Waals surface area contributed by atoms with Crippen LogP contribution in [0.2, 0.25) is 5.02 Å². The van der Waals surface area contributed by atoms with Crippen molar-refractivity contribution in [2.75, 3.05) is 40.0 Å². The minimum Gasteiger partial charge on any atom is -0.497 e. The molecule has 0 saturated carbocycles. The van der Waals surface area contributed by atoms with E-state index in [0.29, 0.717) is 19.0 Å². The van der Waals surface area contributed by atoms with Gasteiger partial charge < -0.3 is 9.47 Å². The first-order valence-corrected chi connectivity index (χ1v) is 11.0. The van der Waals surface area contributed by atoms with Crippen LogP contribution >= 0.6 is 11.6 Å². The highest BCUT2D eigenvalue weighted by Gasteiger charge is 2.26. The van der Waals surface area contributed by atoms with Crippen LogP contribution in [0, 0.1) is 6.92 Å². The van der Waals surface area contributed by atoms with Crippen molar-refractivity contribution >= 4 is 21.6 Å². The van der Waals surface area contributed by atoms with Gasteiger partial charge in [0.1, 0.15) is 10.6 Å². The van der Waals surface area contributed by atoms with Gasteiger partial charge in [0, 0.05) is 31.7 Å². The summed E-state index contributed by atoms with van der Waals surface area (Å²) in [6.45, 7) is 5.04. The molecule has 0 spiro atoms. The molecule has 6 nitrogen and oxygen atoms in total. The zero-order chi connectivity index (χ0) is 20.1. The van der Waals surface area contributed by atoms with Gasteiger partial charge >= 0.3 is 0 Å². The van der Waals surface area contributed by atoms with Crippen LogP contribution in [0.5, 0.6) is 5.75 Å². The van der Waals surface area contributed by atoms with E-state index in [1.165, 1.54) is 19.2 Å². The number of nitrogens with one attached hydrogen (secondary N) is 1. The number of nitrogens with zero attached hydrogens (tertiary/aromatic N) is 1. The summed E-state index contributed by atoms with van der Waals surface area (Å²) in [5, 5.41) is 0.159. The number of aryl methyl sites for hydroxylation is 1. The number of morpholine rings is 1. The van der Waals surface area contributed by atoms with Crippen molar-refractivity contribution in [1.29, 1.82) is 0 Å². The Hall–Kier alpha value is -1.64. The zero-order valence-corrected chi connectivity index (χ0v) is 17.6. The summed E-state index contributed by atoms with van der Waals surface area (Å²) in [6, 6.07) is 12.6. The fourth-order valence-electron chi connectivity index (χ4n) is 3.31. The monoisotopic (exact) mass is 424 g/mol. The maximum Gasteiger partial charge on any atom is 0.242 e. The van der Waals surface area contributed by atoms with Crippen molar-refractivity contribution in [3.05, 3.63) is 58.6 Å². The van der Waals surface area contributed by atoms with E-state index in [1.54, 1.807) is 6.07 Å². The molecule has 0 amide bonds. The quantitative estimate of drug-likeness (QED) is 0.740. The van der Waals surface area contributed by atoms with E-state index in [-0.39, 0.29) is 22.5 Å². The Morgan fingerprint density at radius 2 is 1.96 bits per heavy atom. The molecule has 2 aromatic carbocycles. The normalized spacial score (nSPS) is 16.7. The van der Waals surface area contributed by atoms with Crippen LogP contribution in [-0.2, 0) is 14.8 Å². The van der Waals surface area contributed by atoms with E-state index in [1.807, 2.05) is 25.1 Å². The topological polar surface area (TPSA) is 67.9 Å². The van der Waals surface area contributed by atoms with Crippen molar-refractivity contribution in [3.8, 4) is 5.75 Å². The molecular weight excluding hydrogens is 400 g/mol. The van der Waals surface area contributed by atoms with E-state index in [2.05, 4.69) is 15.7 Å². The summed E-state index contributed by atoms with van der Waals surface area (Å²) < 4.78 is 39.1. The van der Waals surface area contributed by atoms with Gasteiger partial charge in [-0.25, -0.2) is 13.1 Å². The molecule has 1 saturated heterocycles. The lowest BCUT2D eigenvalue weighted by atomic mass is 10.0. The highest BCUT2D eigenvalue weighted by atomic mass is 35.5. The second-order valence-electron chi connectivity index (χ2n) is 6.73. The van der Waals surface area contributed by atoms with Gasteiger partial charge in [-0.15, -0.1) is 0 Å². The zero-order valence-electron chi connectivity index (χ0n) is 16.0. The summed E-state index contributed by atoms with van der Waals surface area (Å²) in [5.41, 5.74) is 2.20. The van der Waals surface area contributed by atoms with E-state index in [4.69, 9.17) is 21.1 Å². The van der Waals surface area contributed by atoms with Crippen molar-refractivity contribution in [1.82, 2.24) is 9.62 Å². The third-order valence-electron chi connectivity index (χ3n) is 4.81. The Kier molecular flexibility index (Phi) is 6.95. The molecule has 152 valence electrons. The van der Waals surface area contributed by atoms with Gasteiger partial charge in [0.15, 0.2) is 0 Å². The Balaban J connectivity index is 1.84. The van der Waals surface area contributed by atoms with Crippen LogP contribution in [0.3, 0.4) is 0 Å². The Morgan fingerprint density at radius 1 is 1.21 bits per heavy atom. The smallest absolute Gasteiger partial charge is 0.242 e. The molecule has 3 rings (SSSR count). The lowest BCUT2D eigenvalue weighted by Crippen LogP contribution is -2.43. The molecule has 0 aromatic heterocycles. The molecule has 1 atom stereocenters. The molecule has 0 bridgehead atoms. The molecule has 0 aliphatic carbocycles. The second kappa shape index (κ2) is 9.24. The first-order valence-electron chi connectivity index (χ1n) is 9.12. The molecular formula is C20H25ClN2O4S. The van der Waals surface area contributed by atoms with E-state index in [9.17, 15) is 8.42 Å². The molecule has 2 aromatic rings. The molecule has 1 heterocycles. The van der Waals surface area contributed by atoms with E-state index >= 15 is 0 Å². The lowest BCUT2D eigenvalue weighted by Gasteiger charge is -2.35. The van der Waals surface area contributed by atoms with Crippen LogP contribution < -0.4 is 9.46 Å². The molecule has 1 aliphatic heterocycles. The van der Waals surface area contributed by atoms with Gasteiger partial charge in [0.25, 0.3) is 0 Å². The number of hydrogen-bond acceptors (Lipinski definition) is 5. The Morgan fingerprint density at radius 3 is 2.64 bits per heavy atom. The van der Waals surface area contributed by atoms with Crippen LogP contribution in [0.1, 0.15) is 17.2 Å². The highest BCUT2D eigenvalue weighted by molar-refractivity contribution is 7.89. The van der Waals surface area contributed by atoms with Gasteiger partial charge in [0.2, 0.25) is 10.0 Å². The van der Waals surface area contributed by atoms with Crippen molar-refractivity contribution in [2.24, 2.45) is 0 Å². The van der Waals surface area contributed by atoms with Crippen LogP contribution in [0.25, 0.3) is 0 Å². The van der Waals surface area contributed by atoms with Gasteiger partial charge in [-0.05, 0) is 24.6 Å². The Labute approximate surface area is 171 Å². The molecule has 0 radical (unpaired) electrons. The average molecular weight is 425 g/mol. The van der Waals surface area contributed by atoms with Crippen LogP contribution in [0.4, 0.5) is 0 Å². The summed E-state index contributed by atoms with van der Waals surface area (Å²) in [7, 11) is -2.31. The highest BCUT2D eigenvalue weighted by Crippen LogP contribution is 2.27. The first kappa shape index (κ1) is 21.1. The minimum absolute atomic E-state index is 0.0125. The molecule has 8 heteroatoms. The standard InChI is InChI=1S/C20H25ClN2O4S/c1-15-4-3-5-16(12-15)19(23-8-10-27-11-9-23)14-22-28(24,25)20-13-17(26-2)6-7-18(20)21/h3-7,12-13,19,22H,8-11,14H2,1-2H3. The SMILES string of the molecule is COc1ccc(Cl)c(S(=O)(=O)NCC(c2cccc(C)c2)N2CCOCC2)c1. The minimum atomic E-state index is -3.80. The third-order valence-corrected chi connectivity index (χ3v) is 6.71. The predicted molar refractivity (Wildman–Crippen MR) is 110 cm³/mol.